The summed E-state index contributed by atoms with van der Waals surface area (Å²) in [7, 11) is 1.75. The highest BCUT2D eigenvalue weighted by Crippen LogP contribution is 2.38. The van der Waals surface area contributed by atoms with E-state index >= 15 is 0 Å². The summed E-state index contributed by atoms with van der Waals surface area (Å²) in [5.41, 5.74) is 1.85. The number of rotatable bonds is 4. The predicted molar refractivity (Wildman–Crippen MR) is 81.4 cm³/mol. The van der Waals surface area contributed by atoms with Crippen LogP contribution in [0, 0.1) is 5.41 Å². The number of halogens is 1. The SMILES string of the molecule is CNC1C(=O)Nc2cc(OCCC(C)(C)C)c(Cl)cc21. The molecule has 0 aliphatic carbocycles. The first-order valence-electron chi connectivity index (χ1n) is 6.76. The van der Waals surface area contributed by atoms with Gasteiger partial charge in [0, 0.05) is 17.3 Å². The number of nitrogens with one attached hydrogen (secondary N) is 2. The lowest BCUT2D eigenvalue weighted by molar-refractivity contribution is -0.117. The first kappa shape index (κ1) is 15.1. The van der Waals surface area contributed by atoms with E-state index in [4.69, 9.17) is 16.3 Å². The van der Waals surface area contributed by atoms with Gasteiger partial charge in [0.05, 0.1) is 11.6 Å². The van der Waals surface area contributed by atoms with Crippen molar-refractivity contribution in [1.82, 2.24) is 5.32 Å². The van der Waals surface area contributed by atoms with Crippen LogP contribution < -0.4 is 15.4 Å². The van der Waals surface area contributed by atoms with Crippen LogP contribution in [-0.2, 0) is 4.79 Å². The van der Waals surface area contributed by atoms with Gasteiger partial charge in [-0.15, -0.1) is 0 Å². The third kappa shape index (κ3) is 3.25. The molecule has 1 aliphatic rings. The molecule has 1 unspecified atom stereocenters. The van der Waals surface area contributed by atoms with Crippen LogP contribution in [0.1, 0.15) is 38.8 Å². The van der Waals surface area contributed by atoms with Gasteiger partial charge in [-0.1, -0.05) is 32.4 Å². The first-order valence-corrected chi connectivity index (χ1v) is 7.14. The van der Waals surface area contributed by atoms with Crippen molar-refractivity contribution in [3.8, 4) is 5.75 Å². The standard InChI is InChI=1S/C15H21ClN2O2/c1-15(2,3)5-6-20-12-8-11-9(7-10(12)16)13(17-4)14(19)18-11/h7-8,13,17H,5-6H2,1-4H3,(H,18,19). The van der Waals surface area contributed by atoms with E-state index in [1.807, 2.05) is 0 Å². The van der Waals surface area contributed by atoms with Gasteiger partial charge in [0.15, 0.2) is 0 Å². The van der Waals surface area contributed by atoms with Crippen molar-refractivity contribution < 1.29 is 9.53 Å². The summed E-state index contributed by atoms with van der Waals surface area (Å²) < 4.78 is 5.74. The summed E-state index contributed by atoms with van der Waals surface area (Å²) in [6.45, 7) is 7.10. The van der Waals surface area contributed by atoms with Crippen molar-refractivity contribution in [1.29, 1.82) is 0 Å². The quantitative estimate of drug-likeness (QED) is 0.895. The number of amides is 1. The molecule has 1 aliphatic heterocycles. The van der Waals surface area contributed by atoms with Gasteiger partial charge in [-0.25, -0.2) is 0 Å². The summed E-state index contributed by atoms with van der Waals surface area (Å²) in [5.74, 6) is 0.553. The molecule has 0 fully saturated rings. The molecule has 1 aromatic rings. The molecule has 0 bridgehead atoms. The number of fused-ring (bicyclic) bond motifs is 1. The van der Waals surface area contributed by atoms with E-state index in [1.54, 1.807) is 19.2 Å². The molecule has 20 heavy (non-hydrogen) atoms. The minimum atomic E-state index is -0.342. The van der Waals surface area contributed by atoms with Gasteiger partial charge in [-0.3, -0.25) is 4.79 Å². The van der Waals surface area contributed by atoms with Crippen LogP contribution in [0.4, 0.5) is 5.69 Å². The fourth-order valence-electron chi connectivity index (χ4n) is 2.13. The molecule has 110 valence electrons. The van der Waals surface area contributed by atoms with Gasteiger partial charge in [-0.2, -0.15) is 0 Å². The molecule has 0 aromatic heterocycles. The Hall–Kier alpha value is -1.26. The second-order valence-corrected chi connectivity index (χ2v) is 6.65. The molecule has 2 N–H and O–H groups in total. The van der Waals surface area contributed by atoms with E-state index in [-0.39, 0.29) is 17.4 Å². The van der Waals surface area contributed by atoms with E-state index in [9.17, 15) is 4.79 Å². The van der Waals surface area contributed by atoms with E-state index in [2.05, 4.69) is 31.4 Å². The zero-order chi connectivity index (χ0) is 14.9. The third-order valence-corrected chi connectivity index (χ3v) is 3.63. The average molecular weight is 297 g/mol. The number of anilines is 1. The summed E-state index contributed by atoms with van der Waals surface area (Å²) in [6.07, 6.45) is 0.936. The smallest absolute Gasteiger partial charge is 0.246 e. The number of carbonyl (C=O) groups is 1. The molecular formula is C15H21ClN2O2. The molecule has 2 rings (SSSR count). The van der Waals surface area contributed by atoms with E-state index in [0.717, 1.165) is 17.7 Å². The molecule has 1 heterocycles. The molecule has 1 atom stereocenters. The number of hydrogen-bond acceptors (Lipinski definition) is 3. The number of carbonyl (C=O) groups excluding carboxylic acids is 1. The summed E-state index contributed by atoms with van der Waals surface area (Å²) in [5, 5.41) is 6.34. The van der Waals surface area contributed by atoms with Crippen molar-refractivity contribution in [3.05, 3.63) is 22.7 Å². The van der Waals surface area contributed by atoms with Gasteiger partial charge >= 0.3 is 0 Å². The molecule has 1 amide bonds. The van der Waals surface area contributed by atoms with Crippen molar-refractivity contribution in [2.45, 2.75) is 33.2 Å². The Morgan fingerprint density at radius 2 is 2.10 bits per heavy atom. The topological polar surface area (TPSA) is 50.4 Å². The Morgan fingerprint density at radius 3 is 2.70 bits per heavy atom. The van der Waals surface area contributed by atoms with Crippen LogP contribution in [-0.4, -0.2) is 19.6 Å². The van der Waals surface area contributed by atoms with Gasteiger partial charge < -0.3 is 15.4 Å². The van der Waals surface area contributed by atoms with Gasteiger partial charge in [-0.05, 0) is 24.9 Å². The maximum absolute atomic E-state index is 11.8. The zero-order valence-corrected chi connectivity index (χ0v) is 13.1. The lowest BCUT2D eigenvalue weighted by Crippen LogP contribution is -2.23. The highest BCUT2D eigenvalue weighted by Gasteiger charge is 2.30. The normalized spacial score (nSPS) is 17.9. The number of ether oxygens (including phenoxy) is 1. The second kappa shape index (κ2) is 5.62. The van der Waals surface area contributed by atoms with Crippen molar-refractivity contribution >= 4 is 23.2 Å². The zero-order valence-electron chi connectivity index (χ0n) is 12.3. The number of hydrogen-bond donors (Lipinski definition) is 2. The molecule has 0 saturated heterocycles. The van der Waals surface area contributed by atoms with Crippen molar-refractivity contribution in [2.24, 2.45) is 5.41 Å². The fourth-order valence-corrected chi connectivity index (χ4v) is 2.35. The molecule has 0 radical (unpaired) electrons. The lowest BCUT2D eigenvalue weighted by atomic mass is 9.93. The molecule has 0 spiro atoms. The lowest BCUT2D eigenvalue weighted by Gasteiger charge is -2.18. The maximum Gasteiger partial charge on any atom is 0.246 e. The van der Waals surface area contributed by atoms with Gasteiger partial charge in [0.25, 0.3) is 0 Å². The third-order valence-electron chi connectivity index (χ3n) is 3.33. The molecule has 0 saturated carbocycles. The fraction of sp³-hybridized carbons (Fsp3) is 0.533. The predicted octanol–water partition coefficient (Wildman–Crippen LogP) is 3.37. The van der Waals surface area contributed by atoms with Gasteiger partial charge in [0.1, 0.15) is 11.8 Å². The largest absolute Gasteiger partial charge is 0.492 e. The summed E-state index contributed by atoms with van der Waals surface area (Å²) in [4.78, 5) is 11.8. The average Bonchev–Trinajstić information content (AvgIpc) is 2.62. The van der Waals surface area contributed by atoms with Crippen LogP contribution in [0.2, 0.25) is 5.02 Å². The van der Waals surface area contributed by atoms with Crippen LogP contribution >= 0.6 is 11.6 Å². The highest BCUT2D eigenvalue weighted by atomic mass is 35.5. The van der Waals surface area contributed by atoms with E-state index in [1.165, 1.54) is 0 Å². The second-order valence-electron chi connectivity index (χ2n) is 6.24. The van der Waals surface area contributed by atoms with Crippen LogP contribution in [0.5, 0.6) is 5.75 Å². The van der Waals surface area contributed by atoms with Crippen molar-refractivity contribution in [2.75, 3.05) is 19.0 Å². The van der Waals surface area contributed by atoms with Crippen LogP contribution in [0.15, 0.2) is 12.1 Å². The first-order chi connectivity index (χ1) is 9.31. The Balaban J connectivity index is 2.14. The Labute approximate surface area is 124 Å². The number of benzene rings is 1. The molecule has 1 aromatic carbocycles. The molecule has 5 heteroatoms. The Morgan fingerprint density at radius 1 is 1.40 bits per heavy atom. The van der Waals surface area contributed by atoms with Crippen molar-refractivity contribution in [3.63, 3.8) is 0 Å². The minimum Gasteiger partial charge on any atom is -0.492 e. The molecular weight excluding hydrogens is 276 g/mol. The Bertz CT molecular complexity index is 523. The van der Waals surface area contributed by atoms with E-state index < -0.39 is 0 Å². The summed E-state index contributed by atoms with van der Waals surface area (Å²) in [6, 6.07) is 3.25. The Kier molecular flexibility index (Phi) is 4.25. The maximum atomic E-state index is 11.8. The van der Waals surface area contributed by atoms with Gasteiger partial charge in [0.2, 0.25) is 5.91 Å². The molecule has 4 nitrogen and oxygen atoms in total. The minimum absolute atomic E-state index is 0.0644. The van der Waals surface area contributed by atoms with E-state index in [0.29, 0.717) is 17.4 Å². The van der Waals surface area contributed by atoms with Crippen LogP contribution in [0.3, 0.4) is 0 Å². The summed E-state index contributed by atoms with van der Waals surface area (Å²) >= 11 is 6.24. The monoisotopic (exact) mass is 296 g/mol. The number of likely N-dealkylation sites (N-methyl/N-ethyl adjacent to an activating group) is 1. The highest BCUT2D eigenvalue weighted by molar-refractivity contribution is 6.32. The van der Waals surface area contributed by atoms with Crippen LogP contribution in [0.25, 0.3) is 0 Å².